The normalized spacial score (nSPS) is 23.5. The first-order valence-electron chi connectivity index (χ1n) is 7.20. The number of carbonyl (C=O) groups is 1. The molecule has 2 amide bonds. The van der Waals surface area contributed by atoms with Gasteiger partial charge in [-0.2, -0.15) is 16.9 Å². The summed E-state index contributed by atoms with van der Waals surface area (Å²) in [6.07, 6.45) is 6.15. The molecule has 1 fully saturated rings. The second-order valence-corrected chi connectivity index (χ2v) is 7.48. The first kappa shape index (κ1) is 15.2. The second-order valence-electron chi connectivity index (χ2n) is 5.80. The number of nitrogens with zero attached hydrogens (tertiary/aromatic N) is 2. The minimum absolute atomic E-state index is 0.0639. The third kappa shape index (κ3) is 4.74. The highest BCUT2D eigenvalue weighted by Gasteiger charge is 2.29. The van der Waals surface area contributed by atoms with Crippen molar-refractivity contribution in [1.29, 1.82) is 0 Å². The maximum absolute atomic E-state index is 11.8. The van der Waals surface area contributed by atoms with E-state index in [-0.39, 0.29) is 10.8 Å². The van der Waals surface area contributed by atoms with Gasteiger partial charge in [0.1, 0.15) is 0 Å². The zero-order valence-corrected chi connectivity index (χ0v) is 13.1. The van der Waals surface area contributed by atoms with Crippen LogP contribution in [0.2, 0.25) is 0 Å². The van der Waals surface area contributed by atoms with E-state index >= 15 is 0 Å². The van der Waals surface area contributed by atoms with Crippen molar-refractivity contribution < 1.29 is 4.79 Å². The van der Waals surface area contributed by atoms with Crippen molar-refractivity contribution in [2.45, 2.75) is 38.0 Å². The molecule has 1 aromatic heterocycles. The summed E-state index contributed by atoms with van der Waals surface area (Å²) in [7, 11) is 0. The molecule has 2 heterocycles. The molecule has 2 atom stereocenters. The Labute approximate surface area is 124 Å². The fraction of sp³-hybridized carbons (Fsp3) is 0.714. The van der Waals surface area contributed by atoms with Gasteiger partial charge in [-0.1, -0.05) is 6.92 Å². The summed E-state index contributed by atoms with van der Waals surface area (Å²) in [5.74, 6) is 1.57. The van der Waals surface area contributed by atoms with E-state index in [1.165, 1.54) is 18.6 Å². The molecule has 1 saturated heterocycles. The van der Waals surface area contributed by atoms with Gasteiger partial charge in [-0.05, 0) is 37.5 Å². The zero-order valence-electron chi connectivity index (χ0n) is 12.3. The summed E-state index contributed by atoms with van der Waals surface area (Å²) in [5.41, 5.74) is 0. The lowest BCUT2D eigenvalue weighted by Crippen LogP contribution is -2.43. The monoisotopic (exact) mass is 296 g/mol. The number of amides is 2. The molecular formula is C14H24N4OS. The molecule has 0 aromatic carbocycles. The van der Waals surface area contributed by atoms with Gasteiger partial charge < -0.3 is 10.6 Å². The van der Waals surface area contributed by atoms with Crippen LogP contribution in [0.4, 0.5) is 4.79 Å². The predicted octanol–water partition coefficient (Wildman–Crippen LogP) is 2.10. The van der Waals surface area contributed by atoms with Crippen LogP contribution in [-0.4, -0.2) is 39.4 Å². The van der Waals surface area contributed by atoms with E-state index in [0.29, 0.717) is 12.5 Å². The Morgan fingerprint density at radius 1 is 1.55 bits per heavy atom. The highest BCUT2D eigenvalue weighted by Crippen LogP contribution is 2.36. The van der Waals surface area contributed by atoms with Gasteiger partial charge in [-0.3, -0.25) is 4.68 Å². The molecule has 1 aromatic rings. The van der Waals surface area contributed by atoms with Gasteiger partial charge >= 0.3 is 6.03 Å². The lowest BCUT2D eigenvalue weighted by atomic mass is 10.1. The number of hydrogen-bond acceptors (Lipinski definition) is 3. The molecule has 2 N–H and O–H groups in total. The van der Waals surface area contributed by atoms with E-state index in [0.717, 1.165) is 13.1 Å². The Balaban J connectivity index is 1.62. The molecule has 0 saturated carbocycles. The van der Waals surface area contributed by atoms with Crippen LogP contribution in [0.1, 0.15) is 26.7 Å². The average molecular weight is 296 g/mol. The smallest absolute Gasteiger partial charge is 0.314 e. The molecule has 6 heteroatoms. The lowest BCUT2D eigenvalue weighted by Gasteiger charge is -2.23. The maximum atomic E-state index is 11.8. The zero-order chi connectivity index (χ0) is 14.4. The van der Waals surface area contributed by atoms with Crippen LogP contribution >= 0.6 is 11.8 Å². The number of aromatic nitrogens is 2. The van der Waals surface area contributed by atoms with Crippen LogP contribution in [0, 0.1) is 5.92 Å². The van der Waals surface area contributed by atoms with Crippen LogP contribution in [0.25, 0.3) is 0 Å². The molecule has 1 aliphatic rings. The largest absolute Gasteiger partial charge is 0.338 e. The predicted molar refractivity (Wildman–Crippen MR) is 82.9 cm³/mol. The molecule has 0 bridgehead atoms. The quantitative estimate of drug-likeness (QED) is 0.845. The Morgan fingerprint density at radius 2 is 2.40 bits per heavy atom. The Hall–Kier alpha value is -1.17. The molecule has 112 valence electrons. The van der Waals surface area contributed by atoms with E-state index in [1.54, 1.807) is 6.20 Å². The van der Waals surface area contributed by atoms with Crippen molar-refractivity contribution in [3.8, 4) is 0 Å². The molecule has 0 spiro atoms. The van der Waals surface area contributed by atoms with Crippen molar-refractivity contribution in [1.82, 2.24) is 20.4 Å². The fourth-order valence-corrected chi connectivity index (χ4v) is 3.61. The summed E-state index contributed by atoms with van der Waals surface area (Å²) in [6.45, 7) is 6.56. The average Bonchev–Trinajstić information content (AvgIpc) is 3.06. The van der Waals surface area contributed by atoms with Gasteiger partial charge in [0, 0.05) is 36.8 Å². The summed E-state index contributed by atoms with van der Waals surface area (Å²) >= 11 is 1.96. The van der Waals surface area contributed by atoms with Crippen LogP contribution in [0.15, 0.2) is 18.5 Å². The van der Waals surface area contributed by atoms with Gasteiger partial charge in [-0.15, -0.1) is 0 Å². The summed E-state index contributed by atoms with van der Waals surface area (Å²) < 4.78 is 2.11. The standard InChI is InChI=1S/C14H24N4OS/c1-12(10-18-7-4-6-17-18)9-15-13(19)16-11-14(2)5-3-8-20-14/h4,6-7,12H,3,5,8-11H2,1-2H3,(H2,15,16,19)/t12-,14+/m1/s1. The number of nitrogens with one attached hydrogen (secondary N) is 2. The lowest BCUT2D eigenvalue weighted by molar-refractivity contribution is 0.237. The summed E-state index contributed by atoms with van der Waals surface area (Å²) in [5, 5.41) is 10.1. The van der Waals surface area contributed by atoms with E-state index in [1.807, 2.05) is 28.7 Å². The van der Waals surface area contributed by atoms with Crippen LogP contribution in [-0.2, 0) is 6.54 Å². The van der Waals surface area contributed by atoms with Gasteiger partial charge in [0.25, 0.3) is 0 Å². The number of thioether (sulfide) groups is 1. The van der Waals surface area contributed by atoms with Crippen molar-refractivity contribution in [3.05, 3.63) is 18.5 Å². The Morgan fingerprint density at radius 3 is 3.05 bits per heavy atom. The van der Waals surface area contributed by atoms with Crippen LogP contribution in [0.3, 0.4) is 0 Å². The fourth-order valence-electron chi connectivity index (χ4n) is 2.37. The minimum atomic E-state index is -0.0639. The number of carbonyl (C=O) groups excluding carboxylic acids is 1. The van der Waals surface area contributed by atoms with Crippen molar-refractivity contribution in [3.63, 3.8) is 0 Å². The highest BCUT2D eigenvalue weighted by molar-refractivity contribution is 8.00. The van der Waals surface area contributed by atoms with E-state index in [4.69, 9.17) is 0 Å². The highest BCUT2D eigenvalue weighted by atomic mass is 32.2. The second kappa shape index (κ2) is 7.02. The molecule has 1 aliphatic heterocycles. The first-order chi connectivity index (χ1) is 9.57. The molecule has 5 nitrogen and oxygen atoms in total. The van der Waals surface area contributed by atoms with Gasteiger partial charge in [0.2, 0.25) is 0 Å². The van der Waals surface area contributed by atoms with Gasteiger partial charge in [-0.25, -0.2) is 4.79 Å². The summed E-state index contributed by atoms with van der Waals surface area (Å²) in [4.78, 5) is 11.8. The van der Waals surface area contributed by atoms with E-state index in [2.05, 4.69) is 29.6 Å². The first-order valence-corrected chi connectivity index (χ1v) is 8.19. The van der Waals surface area contributed by atoms with Gasteiger partial charge in [0.05, 0.1) is 0 Å². The van der Waals surface area contributed by atoms with Gasteiger partial charge in [0.15, 0.2) is 0 Å². The number of urea groups is 1. The third-order valence-electron chi connectivity index (χ3n) is 3.59. The van der Waals surface area contributed by atoms with Crippen molar-refractivity contribution >= 4 is 17.8 Å². The molecule has 20 heavy (non-hydrogen) atoms. The van der Waals surface area contributed by atoms with Crippen LogP contribution in [0.5, 0.6) is 0 Å². The molecule has 0 radical (unpaired) electrons. The Kier molecular flexibility index (Phi) is 5.34. The number of rotatable bonds is 6. The minimum Gasteiger partial charge on any atom is -0.338 e. The Bertz CT molecular complexity index is 415. The third-order valence-corrected chi connectivity index (χ3v) is 5.13. The molecule has 0 aliphatic carbocycles. The maximum Gasteiger partial charge on any atom is 0.314 e. The van der Waals surface area contributed by atoms with E-state index < -0.39 is 0 Å². The topological polar surface area (TPSA) is 59.0 Å². The molecule has 0 unspecified atom stereocenters. The molecule has 2 rings (SSSR count). The van der Waals surface area contributed by atoms with E-state index in [9.17, 15) is 4.79 Å². The molecular weight excluding hydrogens is 272 g/mol. The van der Waals surface area contributed by atoms with Crippen molar-refractivity contribution in [2.24, 2.45) is 5.92 Å². The SMILES string of the molecule is C[C@H](CNC(=O)NC[C@]1(C)CCCS1)Cn1cccn1. The summed E-state index contributed by atoms with van der Waals surface area (Å²) in [6, 6.07) is 1.85. The van der Waals surface area contributed by atoms with Crippen molar-refractivity contribution in [2.75, 3.05) is 18.8 Å². The number of hydrogen-bond donors (Lipinski definition) is 2. The van der Waals surface area contributed by atoms with Crippen LogP contribution < -0.4 is 10.6 Å².